The summed E-state index contributed by atoms with van der Waals surface area (Å²) < 4.78 is 24.6. The highest BCUT2D eigenvalue weighted by Gasteiger charge is 2.36. The first-order chi connectivity index (χ1) is 15.0. The molecule has 0 spiro atoms. The Hall–Kier alpha value is -3.13. The van der Waals surface area contributed by atoms with Crippen LogP contribution in [0.3, 0.4) is 0 Å². The molecule has 2 amide bonds. The summed E-state index contributed by atoms with van der Waals surface area (Å²) in [5.41, 5.74) is 0.967. The number of hydrogen-bond donors (Lipinski definition) is 0. The Morgan fingerprint density at radius 2 is 1.87 bits per heavy atom. The van der Waals surface area contributed by atoms with E-state index in [0.29, 0.717) is 16.9 Å². The van der Waals surface area contributed by atoms with Crippen molar-refractivity contribution in [3.63, 3.8) is 0 Å². The predicted molar refractivity (Wildman–Crippen MR) is 116 cm³/mol. The average molecular weight is 443 g/mol. The van der Waals surface area contributed by atoms with Crippen LogP contribution in [0.2, 0.25) is 0 Å². The summed E-state index contributed by atoms with van der Waals surface area (Å²) in [7, 11) is 0. The number of thioether (sulfide) groups is 1. The minimum absolute atomic E-state index is 0.0165. The van der Waals surface area contributed by atoms with Crippen LogP contribution in [0, 0.1) is 5.82 Å². The van der Waals surface area contributed by atoms with E-state index in [1.807, 2.05) is 6.92 Å². The molecule has 1 saturated heterocycles. The molecular formula is C23H22FNO5S. The first-order valence-corrected chi connectivity index (χ1v) is 10.7. The van der Waals surface area contributed by atoms with Crippen LogP contribution in [0.15, 0.2) is 53.4 Å². The first-order valence-electron chi connectivity index (χ1n) is 9.85. The molecule has 8 heteroatoms. The van der Waals surface area contributed by atoms with Gasteiger partial charge in [0, 0.05) is 11.1 Å². The van der Waals surface area contributed by atoms with Crippen LogP contribution in [0.4, 0.5) is 9.18 Å². The normalized spacial score (nSPS) is 14.9. The number of carbonyl (C=O) groups excluding carboxylic acids is 3. The van der Waals surface area contributed by atoms with Gasteiger partial charge in [0.15, 0.2) is 0 Å². The predicted octanol–water partition coefficient (Wildman–Crippen LogP) is 4.78. The molecule has 2 aromatic rings. The van der Waals surface area contributed by atoms with Gasteiger partial charge in [-0.2, -0.15) is 0 Å². The number of esters is 1. The topological polar surface area (TPSA) is 72.9 Å². The van der Waals surface area contributed by atoms with Gasteiger partial charge in [0.2, 0.25) is 0 Å². The molecule has 1 fully saturated rings. The summed E-state index contributed by atoms with van der Waals surface area (Å²) in [6, 6.07) is 13.2. The lowest BCUT2D eigenvalue weighted by Gasteiger charge is -2.12. The van der Waals surface area contributed by atoms with Gasteiger partial charge in [0.05, 0.1) is 11.5 Å². The SMILES string of the molecule is CCCCOC(=O)CN1C(=O)S/C(=C/c2ccccc2OCc2ccccc2F)C1=O. The Bertz CT molecular complexity index is 1010. The van der Waals surface area contributed by atoms with E-state index in [0.717, 1.165) is 29.5 Å². The lowest BCUT2D eigenvalue weighted by molar-refractivity contribution is -0.146. The van der Waals surface area contributed by atoms with E-state index < -0.39 is 23.7 Å². The van der Waals surface area contributed by atoms with Crippen LogP contribution in [0.1, 0.15) is 30.9 Å². The first kappa shape index (κ1) is 22.6. The van der Waals surface area contributed by atoms with Gasteiger partial charge in [0.1, 0.15) is 24.7 Å². The van der Waals surface area contributed by atoms with Crippen LogP contribution in [-0.2, 0) is 20.9 Å². The molecule has 162 valence electrons. The van der Waals surface area contributed by atoms with Gasteiger partial charge in [-0.3, -0.25) is 19.3 Å². The summed E-state index contributed by atoms with van der Waals surface area (Å²) in [6.07, 6.45) is 3.12. The van der Waals surface area contributed by atoms with Gasteiger partial charge in [-0.1, -0.05) is 49.7 Å². The second-order valence-electron chi connectivity index (χ2n) is 6.76. The number of unbranched alkanes of at least 4 members (excludes halogenated alkanes) is 1. The number of benzene rings is 2. The van der Waals surface area contributed by atoms with Gasteiger partial charge in [0.25, 0.3) is 11.1 Å². The van der Waals surface area contributed by atoms with Crippen molar-refractivity contribution < 1.29 is 28.2 Å². The van der Waals surface area contributed by atoms with Crippen LogP contribution in [0.25, 0.3) is 6.08 Å². The van der Waals surface area contributed by atoms with E-state index in [-0.39, 0.29) is 23.9 Å². The van der Waals surface area contributed by atoms with Crippen molar-refractivity contribution in [3.05, 3.63) is 70.4 Å². The van der Waals surface area contributed by atoms with Crippen molar-refractivity contribution in [2.24, 2.45) is 0 Å². The lowest BCUT2D eigenvalue weighted by Crippen LogP contribution is -2.34. The molecule has 0 aromatic heterocycles. The molecule has 0 bridgehead atoms. The molecule has 0 aliphatic carbocycles. The van der Waals surface area contributed by atoms with E-state index in [9.17, 15) is 18.8 Å². The fraction of sp³-hybridized carbons (Fsp3) is 0.261. The molecule has 1 aliphatic heterocycles. The molecule has 2 aromatic carbocycles. The third-order valence-electron chi connectivity index (χ3n) is 4.47. The maximum atomic E-state index is 13.8. The van der Waals surface area contributed by atoms with E-state index >= 15 is 0 Å². The number of para-hydroxylation sites is 1. The Kier molecular flexibility index (Phi) is 7.83. The molecule has 0 N–H and O–H groups in total. The van der Waals surface area contributed by atoms with Crippen molar-refractivity contribution in [1.82, 2.24) is 4.90 Å². The van der Waals surface area contributed by atoms with Crippen LogP contribution in [0.5, 0.6) is 5.75 Å². The fourth-order valence-corrected chi connectivity index (χ4v) is 3.61. The summed E-state index contributed by atoms with van der Waals surface area (Å²) in [5.74, 6) is -1.11. The minimum atomic E-state index is -0.620. The highest BCUT2D eigenvalue weighted by atomic mass is 32.2. The summed E-state index contributed by atoms with van der Waals surface area (Å²) in [6.45, 7) is 1.82. The van der Waals surface area contributed by atoms with Gasteiger partial charge in [-0.25, -0.2) is 4.39 Å². The third-order valence-corrected chi connectivity index (χ3v) is 5.38. The number of imide groups is 1. The molecular weight excluding hydrogens is 421 g/mol. The maximum absolute atomic E-state index is 13.8. The smallest absolute Gasteiger partial charge is 0.326 e. The molecule has 31 heavy (non-hydrogen) atoms. The molecule has 0 radical (unpaired) electrons. The molecule has 0 saturated carbocycles. The van der Waals surface area contributed by atoms with E-state index in [2.05, 4.69) is 0 Å². The van der Waals surface area contributed by atoms with Crippen LogP contribution >= 0.6 is 11.8 Å². The van der Waals surface area contributed by atoms with Gasteiger partial charge >= 0.3 is 5.97 Å². The Labute approximate surface area is 184 Å². The number of rotatable bonds is 9. The van der Waals surface area contributed by atoms with Crippen molar-refractivity contribution in [2.75, 3.05) is 13.2 Å². The second kappa shape index (κ2) is 10.8. The average Bonchev–Trinajstić information content (AvgIpc) is 3.01. The zero-order valence-electron chi connectivity index (χ0n) is 17.0. The lowest BCUT2D eigenvalue weighted by atomic mass is 10.1. The highest BCUT2D eigenvalue weighted by Crippen LogP contribution is 2.34. The Morgan fingerprint density at radius 3 is 2.65 bits per heavy atom. The molecule has 3 rings (SSSR count). The van der Waals surface area contributed by atoms with Crippen molar-refractivity contribution in [3.8, 4) is 5.75 Å². The number of nitrogens with zero attached hydrogens (tertiary/aromatic N) is 1. The van der Waals surface area contributed by atoms with Crippen molar-refractivity contribution in [2.45, 2.75) is 26.4 Å². The van der Waals surface area contributed by atoms with Crippen molar-refractivity contribution >= 4 is 35.0 Å². The van der Waals surface area contributed by atoms with Crippen LogP contribution < -0.4 is 4.74 Å². The zero-order valence-corrected chi connectivity index (χ0v) is 17.8. The van der Waals surface area contributed by atoms with Gasteiger partial charge in [-0.05, 0) is 36.4 Å². The summed E-state index contributed by atoms with van der Waals surface area (Å²) in [5, 5.41) is -0.534. The van der Waals surface area contributed by atoms with Crippen molar-refractivity contribution in [1.29, 1.82) is 0 Å². The molecule has 6 nitrogen and oxygen atoms in total. The fourth-order valence-electron chi connectivity index (χ4n) is 2.78. The number of halogens is 1. The summed E-state index contributed by atoms with van der Waals surface area (Å²) in [4.78, 5) is 37.8. The summed E-state index contributed by atoms with van der Waals surface area (Å²) >= 11 is 0.748. The maximum Gasteiger partial charge on any atom is 0.326 e. The molecule has 0 atom stereocenters. The molecule has 1 heterocycles. The van der Waals surface area contributed by atoms with E-state index in [1.54, 1.807) is 42.5 Å². The molecule has 0 unspecified atom stereocenters. The highest BCUT2D eigenvalue weighted by molar-refractivity contribution is 8.18. The molecule has 1 aliphatic rings. The Balaban J connectivity index is 1.70. The monoisotopic (exact) mass is 443 g/mol. The zero-order chi connectivity index (χ0) is 22.2. The van der Waals surface area contributed by atoms with E-state index in [1.165, 1.54) is 12.1 Å². The third kappa shape index (κ3) is 5.95. The van der Waals surface area contributed by atoms with Gasteiger partial charge in [-0.15, -0.1) is 0 Å². The van der Waals surface area contributed by atoms with Crippen LogP contribution in [-0.4, -0.2) is 35.2 Å². The Morgan fingerprint density at radius 1 is 1.13 bits per heavy atom. The minimum Gasteiger partial charge on any atom is -0.488 e. The number of amides is 2. The quantitative estimate of drug-likeness (QED) is 0.315. The number of carbonyl (C=O) groups is 3. The second-order valence-corrected chi connectivity index (χ2v) is 7.75. The van der Waals surface area contributed by atoms with E-state index in [4.69, 9.17) is 9.47 Å². The number of hydrogen-bond acceptors (Lipinski definition) is 6. The number of ether oxygens (including phenoxy) is 2. The standard InChI is InChI=1S/C23H22FNO5S/c1-2-3-12-29-21(26)14-25-22(27)20(31-23(25)28)13-16-8-5-7-11-19(16)30-15-17-9-4-6-10-18(17)24/h4-11,13H,2-3,12,14-15H2,1H3/b20-13+. The largest absolute Gasteiger partial charge is 0.488 e. The van der Waals surface area contributed by atoms with Gasteiger partial charge < -0.3 is 9.47 Å².